The van der Waals surface area contributed by atoms with E-state index < -0.39 is 5.97 Å². The highest BCUT2D eigenvalue weighted by molar-refractivity contribution is 7.17. The number of thiophene rings is 1. The van der Waals surface area contributed by atoms with Crippen LogP contribution in [0.2, 0.25) is 0 Å². The van der Waals surface area contributed by atoms with Crippen LogP contribution in [0.1, 0.15) is 10.4 Å². The number of carboxylic acids is 1. The molecular weight excluding hydrogens is 214 g/mol. The summed E-state index contributed by atoms with van der Waals surface area (Å²) in [5.41, 5.74) is 6.32. The number of rotatable bonds is 2. The Morgan fingerprint density at radius 1 is 1.60 bits per heavy atom. The highest BCUT2D eigenvalue weighted by Crippen LogP contribution is 2.37. The molecule has 1 heterocycles. The number of benzene rings is 1. The molecule has 0 saturated heterocycles. The standard InChI is InChI=1S/C10H9NO3S/c1-14-8-5-2-3-15-9(5)7(11)4-6(8)10(12)13/h2-4H,11H2,1H3,(H,12,13). The van der Waals surface area contributed by atoms with E-state index in [1.807, 2.05) is 11.4 Å². The van der Waals surface area contributed by atoms with Gasteiger partial charge in [0.05, 0.1) is 17.5 Å². The van der Waals surface area contributed by atoms with Gasteiger partial charge in [-0.25, -0.2) is 4.79 Å². The Bertz CT molecular complexity index is 533. The van der Waals surface area contributed by atoms with Crippen molar-refractivity contribution < 1.29 is 14.6 Å². The predicted molar refractivity (Wildman–Crippen MR) is 59.7 cm³/mol. The van der Waals surface area contributed by atoms with Crippen molar-refractivity contribution in [3.63, 3.8) is 0 Å². The molecule has 0 bridgehead atoms. The number of nitrogens with two attached hydrogens (primary N) is 1. The maximum Gasteiger partial charge on any atom is 0.339 e. The van der Waals surface area contributed by atoms with Crippen LogP contribution in [0.15, 0.2) is 17.5 Å². The van der Waals surface area contributed by atoms with Gasteiger partial charge in [0.25, 0.3) is 0 Å². The van der Waals surface area contributed by atoms with Crippen molar-refractivity contribution >= 4 is 33.1 Å². The van der Waals surface area contributed by atoms with Gasteiger partial charge in [-0.1, -0.05) is 0 Å². The summed E-state index contributed by atoms with van der Waals surface area (Å²) in [5, 5.41) is 11.6. The average Bonchev–Trinajstić information content (AvgIpc) is 2.66. The number of fused-ring (bicyclic) bond motifs is 1. The molecule has 0 unspecified atom stereocenters. The first-order chi connectivity index (χ1) is 7.15. The van der Waals surface area contributed by atoms with Crippen LogP contribution in [0.4, 0.5) is 5.69 Å². The second-order valence-electron chi connectivity index (χ2n) is 3.02. The second-order valence-corrected chi connectivity index (χ2v) is 3.93. The van der Waals surface area contributed by atoms with Gasteiger partial charge < -0.3 is 15.6 Å². The molecule has 2 rings (SSSR count). The van der Waals surface area contributed by atoms with E-state index in [-0.39, 0.29) is 5.56 Å². The van der Waals surface area contributed by atoms with Gasteiger partial charge in [-0.2, -0.15) is 0 Å². The number of nitrogen functional groups attached to an aromatic ring is 1. The monoisotopic (exact) mass is 223 g/mol. The van der Waals surface area contributed by atoms with Gasteiger partial charge in [0.2, 0.25) is 0 Å². The summed E-state index contributed by atoms with van der Waals surface area (Å²) in [4.78, 5) is 11.0. The maximum atomic E-state index is 11.0. The lowest BCUT2D eigenvalue weighted by Crippen LogP contribution is -2.02. The predicted octanol–water partition coefficient (Wildman–Crippen LogP) is 2.19. The largest absolute Gasteiger partial charge is 0.495 e. The molecule has 1 aromatic heterocycles. The molecule has 0 atom stereocenters. The molecule has 4 nitrogen and oxygen atoms in total. The lowest BCUT2D eigenvalue weighted by molar-refractivity contribution is 0.0693. The molecule has 0 fully saturated rings. The third-order valence-corrected chi connectivity index (χ3v) is 3.11. The quantitative estimate of drug-likeness (QED) is 0.765. The lowest BCUT2D eigenvalue weighted by atomic mass is 10.1. The van der Waals surface area contributed by atoms with E-state index >= 15 is 0 Å². The molecular formula is C10H9NO3S. The molecule has 5 heteroatoms. The van der Waals surface area contributed by atoms with Crippen LogP contribution < -0.4 is 10.5 Å². The SMILES string of the molecule is COc1c(C(=O)O)cc(N)c2sccc12. The van der Waals surface area contributed by atoms with E-state index in [1.54, 1.807) is 0 Å². The highest BCUT2D eigenvalue weighted by Gasteiger charge is 2.17. The topological polar surface area (TPSA) is 72.5 Å². The van der Waals surface area contributed by atoms with Gasteiger partial charge in [0, 0.05) is 5.39 Å². The Morgan fingerprint density at radius 3 is 2.93 bits per heavy atom. The number of carbonyl (C=O) groups is 1. The number of anilines is 1. The van der Waals surface area contributed by atoms with Crippen molar-refractivity contribution in [2.45, 2.75) is 0 Å². The van der Waals surface area contributed by atoms with Crippen molar-refractivity contribution in [1.29, 1.82) is 0 Å². The van der Waals surface area contributed by atoms with E-state index in [2.05, 4.69) is 0 Å². The Morgan fingerprint density at radius 2 is 2.33 bits per heavy atom. The minimum Gasteiger partial charge on any atom is -0.495 e. The number of hydrogen-bond acceptors (Lipinski definition) is 4. The van der Waals surface area contributed by atoms with E-state index in [0.29, 0.717) is 11.4 Å². The smallest absolute Gasteiger partial charge is 0.339 e. The molecule has 0 aliphatic heterocycles. The van der Waals surface area contributed by atoms with E-state index in [4.69, 9.17) is 15.6 Å². The summed E-state index contributed by atoms with van der Waals surface area (Å²) in [6.07, 6.45) is 0. The second kappa shape index (κ2) is 3.43. The minimum absolute atomic E-state index is 0.0981. The van der Waals surface area contributed by atoms with E-state index in [0.717, 1.165) is 10.1 Å². The normalized spacial score (nSPS) is 10.5. The van der Waals surface area contributed by atoms with Crippen LogP contribution in [0.5, 0.6) is 5.75 Å². The first-order valence-electron chi connectivity index (χ1n) is 4.22. The molecule has 0 radical (unpaired) electrons. The summed E-state index contributed by atoms with van der Waals surface area (Å²) in [6, 6.07) is 3.24. The van der Waals surface area contributed by atoms with Crippen molar-refractivity contribution in [2.24, 2.45) is 0 Å². The summed E-state index contributed by atoms with van der Waals surface area (Å²) in [5.74, 6) is -0.667. The fourth-order valence-electron chi connectivity index (χ4n) is 1.52. The zero-order chi connectivity index (χ0) is 11.0. The van der Waals surface area contributed by atoms with Crippen molar-refractivity contribution in [3.05, 3.63) is 23.1 Å². The average molecular weight is 223 g/mol. The summed E-state index contributed by atoms with van der Waals surface area (Å²) >= 11 is 1.47. The van der Waals surface area contributed by atoms with Crippen LogP contribution in [0.3, 0.4) is 0 Å². The number of methoxy groups -OCH3 is 1. The zero-order valence-electron chi connectivity index (χ0n) is 7.98. The Balaban J connectivity index is 2.87. The molecule has 0 aliphatic carbocycles. The van der Waals surface area contributed by atoms with Crippen molar-refractivity contribution in [2.75, 3.05) is 12.8 Å². The van der Waals surface area contributed by atoms with Gasteiger partial charge in [-0.05, 0) is 17.5 Å². The van der Waals surface area contributed by atoms with Crippen LogP contribution in [0, 0.1) is 0 Å². The van der Waals surface area contributed by atoms with Gasteiger partial charge in [-0.3, -0.25) is 0 Å². The molecule has 3 N–H and O–H groups in total. The van der Waals surface area contributed by atoms with Crippen LogP contribution >= 0.6 is 11.3 Å². The number of aromatic carboxylic acids is 1. The molecule has 78 valence electrons. The molecule has 0 spiro atoms. The highest BCUT2D eigenvalue weighted by atomic mass is 32.1. The van der Waals surface area contributed by atoms with Crippen LogP contribution in [-0.2, 0) is 0 Å². The van der Waals surface area contributed by atoms with Crippen molar-refractivity contribution in [3.8, 4) is 5.75 Å². The lowest BCUT2D eigenvalue weighted by Gasteiger charge is -2.07. The van der Waals surface area contributed by atoms with Gasteiger partial charge in [-0.15, -0.1) is 11.3 Å². The molecule has 15 heavy (non-hydrogen) atoms. The summed E-state index contributed by atoms with van der Waals surface area (Å²) in [7, 11) is 1.45. The molecule has 0 amide bonds. The van der Waals surface area contributed by atoms with Crippen LogP contribution in [0.25, 0.3) is 10.1 Å². The Kier molecular flexibility index (Phi) is 2.24. The molecule has 1 aromatic carbocycles. The van der Waals surface area contributed by atoms with E-state index in [9.17, 15) is 4.79 Å². The number of carboxylic acid groups (broad SMARTS) is 1. The van der Waals surface area contributed by atoms with E-state index in [1.165, 1.54) is 24.5 Å². The summed E-state index contributed by atoms with van der Waals surface area (Å²) in [6.45, 7) is 0. The zero-order valence-corrected chi connectivity index (χ0v) is 8.80. The van der Waals surface area contributed by atoms with Crippen LogP contribution in [-0.4, -0.2) is 18.2 Å². The van der Waals surface area contributed by atoms with Gasteiger partial charge in [0.15, 0.2) is 0 Å². The molecule has 0 saturated carbocycles. The Hall–Kier alpha value is -1.75. The molecule has 2 aromatic rings. The number of hydrogen-bond donors (Lipinski definition) is 2. The molecule has 0 aliphatic rings. The fraction of sp³-hybridized carbons (Fsp3) is 0.100. The van der Waals surface area contributed by atoms with Gasteiger partial charge >= 0.3 is 5.97 Å². The maximum absolute atomic E-state index is 11.0. The third kappa shape index (κ3) is 1.41. The van der Waals surface area contributed by atoms with Gasteiger partial charge in [0.1, 0.15) is 11.3 Å². The summed E-state index contributed by atoms with van der Waals surface area (Å²) < 4.78 is 5.96. The Labute approximate surface area is 89.9 Å². The third-order valence-electron chi connectivity index (χ3n) is 2.15. The minimum atomic E-state index is -1.04. The first kappa shape index (κ1) is 9.79. The fourth-order valence-corrected chi connectivity index (χ4v) is 2.34. The number of ether oxygens (including phenoxy) is 1. The first-order valence-corrected chi connectivity index (χ1v) is 5.10. The van der Waals surface area contributed by atoms with Crippen molar-refractivity contribution in [1.82, 2.24) is 0 Å².